The van der Waals surface area contributed by atoms with Gasteiger partial charge in [0.1, 0.15) is 0 Å². The normalized spacial score (nSPS) is 11.7. The Kier molecular flexibility index (Phi) is 9.89. The number of fused-ring (bicyclic) bond motifs is 10. The molecule has 2 aromatic heterocycles. The van der Waals surface area contributed by atoms with E-state index in [0.717, 1.165) is 50.6 Å². The van der Waals surface area contributed by atoms with Crippen molar-refractivity contribution in [1.29, 1.82) is 0 Å². The van der Waals surface area contributed by atoms with Crippen LogP contribution < -0.4 is 4.90 Å². The number of hydrogen-bond donors (Lipinski definition) is 0. The van der Waals surface area contributed by atoms with Crippen molar-refractivity contribution in [2.45, 2.75) is 0 Å². The molecule has 350 valence electrons. The second-order valence-corrected chi connectivity index (χ2v) is 19.7. The summed E-state index contributed by atoms with van der Waals surface area (Å²) in [6.45, 7) is 0. The van der Waals surface area contributed by atoms with Crippen LogP contribution >= 0.6 is 0 Å². The minimum absolute atomic E-state index is 1.09. The van der Waals surface area contributed by atoms with E-state index in [9.17, 15) is 0 Å². The van der Waals surface area contributed by atoms with E-state index < -0.39 is 0 Å². The zero-order chi connectivity index (χ0) is 49.4. The summed E-state index contributed by atoms with van der Waals surface area (Å²) >= 11 is 0. The molecule has 0 radical (unpaired) electrons. The van der Waals surface area contributed by atoms with Gasteiger partial charge < -0.3 is 14.0 Å². The Hall–Kier alpha value is -9.96. The summed E-state index contributed by atoms with van der Waals surface area (Å²) < 4.78 is 4.87. The van der Waals surface area contributed by atoms with E-state index >= 15 is 0 Å². The van der Waals surface area contributed by atoms with Crippen molar-refractivity contribution < 1.29 is 0 Å². The first-order valence-corrected chi connectivity index (χ1v) is 25.8. The average molecular weight is 954 g/mol. The Balaban J connectivity index is 0.944. The maximum atomic E-state index is 2.48. The van der Waals surface area contributed by atoms with Crippen LogP contribution in [0.2, 0.25) is 0 Å². The lowest BCUT2D eigenvalue weighted by molar-refractivity contribution is 1.18. The molecule has 75 heavy (non-hydrogen) atoms. The fraction of sp³-hybridized carbons (Fsp3) is 0. The summed E-state index contributed by atoms with van der Waals surface area (Å²) in [5.74, 6) is 0. The van der Waals surface area contributed by atoms with Crippen LogP contribution in [0.5, 0.6) is 0 Å². The van der Waals surface area contributed by atoms with Gasteiger partial charge in [-0.15, -0.1) is 0 Å². The molecule has 0 N–H and O–H groups in total. The summed E-state index contributed by atoms with van der Waals surface area (Å²) in [4.78, 5) is 2.40. The summed E-state index contributed by atoms with van der Waals surface area (Å²) in [7, 11) is 0. The molecule has 3 heteroatoms. The van der Waals surface area contributed by atoms with Gasteiger partial charge in [-0.05, 0) is 158 Å². The minimum Gasteiger partial charge on any atom is -0.310 e. The van der Waals surface area contributed by atoms with E-state index in [-0.39, 0.29) is 0 Å². The number of anilines is 3. The molecule has 0 bridgehead atoms. The third-order valence-electron chi connectivity index (χ3n) is 15.4. The molecule has 15 aromatic rings. The van der Waals surface area contributed by atoms with Gasteiger partial charge in [-0.1, -0.05) is 182 Å². The molecule has 3 nitrogen and oxygen atoms in total. The molecule has 0 amide bonds. The molecule has 13 aromatic carbocycles. The van der Waals surface area contributed by atoms with Gasteiger partial charge in [0.25, 0.3) is 0 Å². The number of aromatic nitrogens is 2. The molecule has 0 aliphatic heterocycles. The minimum atomic E-state index is 1.09. The van der Waals surface area contributed by atoms with Gasteiger partial charge in [0, 0.05) is 49.4 Å². The summed E-state index contributed by atoms with van der Waals surface area (Å²) in [6.07, 6.45) is 0. The Bertz CT molecular complexity index is 4710. The molecular weight excluding hydrogens is 907 g/mol. The summed E-state index contributed by atoms with van der Waals surface area (Å²) in [6, 6.07) is 105. The number of hydrogen-bond acceptors (Lipinski definition) is 1. The van der Waals surface area contributed by atoms with Gasteiger partial charge in [0.2, 0.25) is 0 Å². The third-order valence-corrected chi connectivity index (χ3v) is 15.4. The van der Waals surface area contributed by atoms with Gasteiger partial charge in [0.05, 0.1) is 33.4 Å². The van der Waals surface area contributed by atoms with Crippen molar-refractivity contribution in [1.82, 2.24) is 9.13 Å². The zero-order valence-corrected chi connectivity index (χ0v) is 41.0. The van der Waals surface area contributed by atoms with Crippen LogP contribution in [0.4, 0.5) is 17.1 Å². The van der Waals surface area contributed by atoms with Gasteiger partial charge >= 0.3 is 0 Å². The molecule has 2 heterocycles. The molecule has 0 atom stereocenters. The molecule has 0 saturated heterocycles. The second-order valence-electron chi connectivity index (χ2n) is 19.7. The molecule has 0 aliphatic rings. The van der Waals surface area contributed by atoms with Crippen LogP contribution in [0.3, 0.4) is 0 Å². The fourth-order valence-electron chi connectivity index (χ4n) is 12.0. The highest BCUT2D eigenvalue weighted by Crippen LogP contribution is 2.44. The van der Waals surface area contributed by atoms with E-state index in [1.165, 1.54) is 87.2 Å². The molecular formula is C72H47N3. The van der Waals surface area contributed by atoms with Crippen molar-refractivity contribution in [2.75, 3.05) is 4.90 Å². The van der Waals surface area contributed by atoms with Crippen molar-refractivity contribution in [2.24, 2.45) is 0 Å². The topological polar surface area (TPSA) is 13.1 Å². The maximum Gasteiger partial charge on any atom is 0.0546 e. The van der Waals surface area contributed by atoms with Gasteiger partial charge in [0.15, 0.2) is 0 Å². The Morgan fingerprint density at radius 2 is 0.693 bits per heavy atom. The van der Waals surface area contributed by atoms with Crippen LogP contribution in [0, 0.1) is 0 Å². The summed E-state index contributed by atoms with van der Waals surface area (Å²) in [5.41, 5.74) is 17.3. The highest BCUT2D eigenvalue weighted by atomic mass is 15.1. The molecule has 0 aliphatic carbocycles. The van der Waals surface area contributed by atoms with E-state index in [2.05, 4.69) is 299 Å². The number of nitrogens with zero attached hydrogens (tertiary/aromatic N) is 3. The second kappa shape index (κ2) is 17.4. The molecule has 0 spiro atoms. The maximum absolute atomic E-state index is 2.48. The predicted molar refractivity (Wildman–Crippen MR) is 319 cm³/mol. The average Bonchev–Trinajstić information content (AvgIpc) is 4.07. The van der Waals surface area contributed by atoms with Crippen molar-refractivity contribution in [3.8, 4) is 44.8 Å². The SMILES string of the molecule is c1ccc(N(c2cccc(-c3cc(-c4ccc5c(c4)c4ccccc4n5-c4ccccc4)cc(-c4ccc5c(c4)c4ccccc4n5-c4cc5ccccc5c5ccccc45)c3)c2)c2cccc3ccccc23)cc1. The first-order chi connectivity index (χ1) is 37.2. The van der Waals surface area contributed by atoms with E-state index in [0.29, 0.717) is 0 Å². The lowest BCUT2D eigenvalue weighted by atomic mass is 9.92. The van der Waals surface area contributed by atoms with Crippen LogP contribution in [0.25, 0.3) is 121 Å². The largest absolute Gasteiger partial charge is 0.310 e. The fourth-order valence-corrected chi connectivity index (χ4v) is 12.0. The first kappa shape index (κ1) is 42.7. The molecule has 0 saturated carbocycles. The number of para-hydroxylation sites is 4. The standard InChI is InChI=1S/C72H47N3/c1-3-23-56(24-4-1)73(67-36-18-21-48-19-7-10-29-60(48)67)58-27-17-22-49(44-58)53-41-54(50-37-39-70-65(45-50)63-32-13-15-34-68(63)74(70)57-25-5-2-6-26-57)43-55(42-53)51-38-40-71-66(46-51)64-33-14-16-35-69(64)75(71)72-47-52-20-8-9-28-59(52)61-30-11-12-31-62(61)72/h1-47H. The first-order valence-electron chi connectivity index (χ1n) is 25.8. The predicted octanol–water partition coefficient (Wildman–Crippen LogP) is 19.8. The molecule has 0 unspecified atom stereocenters. The van der Waals surface area contributed by atoms with Crippen LogP contribution in [0.15, 0.2) is 285 Å². The van der Waals surface area contributed by atoms with Crippen LogP contribution in [0.1, 0.15) is 0 Å². The lowest BCUT2D eigenvalue weighted by Gasteiger charge is -2.27. The lowest BCUT2D eigenvalue weighted by Crippen LogP contribution is -2.10. The highest BCUT2D eigenvalue weighted by molar-refractivity contribution is 6.16. The van der Waals surface area contributed by atoms with Crippen LogP contribution in [-0.2, 0) is 0 Å². The van der Waals surface area contributed by atoms with Gasteiger partial charge in [-0.25, -0.2) is 0 Å². The molecule has 15 rings (SSSR count). The van der Waals surface area contributed by atoms with Gasteiger partial charge in [-0.3, -0.25) is 0 Å². The van der Waals surface area contributed by atoms with Crippen LogP contribution in [-0.4, -0.2) is 9.13 Å². The zero-order valence-electron chi connectivity index (χ0n) is 41.0. The number of benzene rings is 13. The van der Waals surface area contributed by atoms with E-state index in [1.54, 1.807) is 0 Å². The highest BCUT2D eigenvalue weighted by Gasteiger charge is 2.20. The number of rotatable bonds is 8. The third kappa shape index (κ3) is 7.05. The molecule has 0 fully saturated rings. The smallest absolute Gasteiger partial charge is 0.0546 e. The van der Waals surface area contributed by atoms with Crippen molar-refractivity contribution in [3.63, 3.8) is 0 Å². The van der Waals surface area contributed by atoms with Crippen molar-refractivity contribution >= 4 is 93.0 Å². The Morgan fingerprint density at radius 1 is 0.227 bits per heavy atom. The quantitative estimate of drug-likeness (QED) is 0.138. The van der Waals surface area contributed by atoms with Gasteiger partial charge in [-0.2, -0.15) is 0 Å². The summed E-state index contributed by atoms with van der Waals surface area (Å²) in [5, 5.41) is 12.3. The van der Waals surface area contributed by atoms with Crippen molar-refractivity contribution in [3.05, 3.63) is 285 Å². The Labute approximate surface area is 434 Å². The Morgan fingerprint density at radius 3 is 1.37 bits per heavy atom. The van der Waals surface area contributed by atoms with E-state index in [1.807, 2.05) is 0 Å². The monoisotopic (exact) mass is 953 g/mol. The van der Waals surface area contributed by atoms with E-state index in [4.69, 9.17) is 0 Å².